The molecule has 0 N–H and O–H groups in total. The van der Waals surface area contributed by atoms with E-state index in [4.69, 9.17) is 0 Å². The first-order valence-corrected chi connectivity index (χ1v) is 4.90. The second kappa shape index (κ2) is 2.37. The Bertz CT molecular complexity index is 140. The molecule has 1 aromatic rings. The molecule has 0 aliphatic heterocycles. The maximum atomic E-state index is 10.5. The molecule has 1 heterocycles. The first-order chi connectivity index (χ1) is 3.39. The van der Waals surface area contributed by atoms with Crippen molar-refractivity contribution in [3.63, 3.8) is 0 Å². The molecule has 0 spiro atoms. The lowest BCUT2D eigenvalue weighted by Gasteiger charge is -1.79. The minimum Gasteiger partial charge on any atom is -0.624 e. The molecular formula is C4H4OP2. The highest BCUT2D eigenvalue weighted by atomic mass is 31.9. The highest BCUT2D eigenvalue weighted by Crippen LogP contribution is 2.26. The summed E-state index contributed by atoms with van der Waals surface area (Å²) < 4.78 is 0. The molecule has 0 radical (unpaired) electrons. The van der Waals surface area contributed by atoms with Crippen molar-refractivity contribution in [2.45, 2.75) is 0 Å². The minimum atomic E-state index is -1.04. The largest absolute Gasteiger partial charge is 0.624 e. The van der Waals surface area contributed by atoms with Crippen molar-refractivity contribution in [2.24, 2.45) is 0 Å². The molecular weight excluding hydrogens is 126 g/mol. The van der Waals surface area contributed by atoms with Crippen molar-refractivity contribution >= 4 is 15.3 Å². The summed E-state index contributed by atoms with van der Waals surface area (Å²) in [5, 5.41) is 0. The zero-order chi connectivity index (χ0) is 5.11. The molecule has 1 rings (SSSR count). The van der Waals surface area contributed by atoms with Crippen LogP contribution in [0, 0.1) is 0 Å². The van der Waals surface area contributed by atoms with Gasteiger partial charge in [-0.1, -0.05) is 6.07 Å². The van der Waals surface area contributed by atoms with Crippen molar-refractivity contribution in [3.05, 3.63) is 23.7 Å². The van der Waals surface area contributed by atoms with Crippen LogP contribution in [-0.4, -0.2) is 0 Å². The molecule has 0 bridgehead atoms. The zero-order valence-electron chi connectivity index (χ0n) is 3.61. The Hall–Kier alpha value is 0.0400. The van der Waals surface area contributed by atoms with Gasteiger partial charge in [-0.2, -0.15) is 0 Å². The number of hydrogen-bond acceptors (Lipinski definition) is 1. The molecule has 1 nitrogen and oxygen atoms in total. The van der Waals surface area contributed by atoms with Crippen LogP contribution in [0.3, 0.4) is 0 Å². The normalized spacial score (nSPS) is 12.4. The van der Waals surface area contributed by atoms with Crippen molar-refractivity contribution < 1.29 is 4.89 Å². The van der Waals surface area contributed by atoms with E-state index < -0.39 is 7.44 Å². The van der Waals surface area contributed by atoms with Crippen molar-refractivity contribution in [1.29, 1.82) is 0 Å². The Morgan fingerprint density at radius 2 is 2.29 bits per heavy atom. The number of hydrogen-bond donors (Lipinski definition) is 0. The summed E-state index contributed by atoms with van der Waals surface area (Å²) in [5.41, 5.74) is 0. The van der Waals surface area contributed by atoms with Crippen LogP contribution in [0.5, 0.6) is 0 Å². The summed E-state index contributed by atoms with van der Waals surface area (Å²) in [6.07, 6.45) is 0. The average Bonchev–Trinajstić information content (AvgIpc) is 1.69. The fourth-order valence-electron chi connectivity index (χ4n) is 0.316. The molecule has 0 amide bonds. The van der Waals surface area contributed by atoms with Crippen LogP contribution in [0.4, 0.5) is 0 Å². The molecule has 0 aromatic carbocycles. The van der Waals surface area contributed by atoms with Crippen LogP contribution < -0.4 is 4.89 Å². The van der Waals surface area contributed by atoms with E-state index in [0.29, 0.717) is 0 Å². The summed E-state index contributed by atoms with van der Waals surface area (Å²) in [7, 11) is -0.0981. The molecule has 0 fully saturated rings. The molecule has 3 heteroatoms. The van der Waals surface area contributed by atoms with Gasteiger partial charge in [0.2, 0.25) is 0 Å². The van der Waals surface area contributed by atoms with Crippen LogP contribution in [0.1, 0.15) is 0 Å². The molecule has 36 valence electrons. The summed E-state index contributed by atoms with van der Waals surface area (Å²) in [4.78, 5) is 10.5. The van der Waals surface area contributed by atoms with E-state index in [-0.39, 0.29) is 0 Å². The topological polar surface area (TPSA) is 23.1 Å². The Balaban J connectivity index is 3.02. The fourth-order valence-corrected chi connectivity index (χ4v) is 2.03. The van der Waals surface area contributed by atoms with Crippen LogP contribution in [-0.2, 0) is 0 Å². The second-order valence-corrected chi connectivity index (χ2v) is 4.41. The minimum absolute atomic E-state index is 0.939. The first-order valence-electron chi connectivity index (χ1n) is 1.90. The van der Waals surface area contributed by atoms with Gasteiger partial charge in [0.25, 0.3) is 0 Å². The molecule has 0 saturated heterocycles. The molecule has 0 aliphatic rings. The third-order valence-corrected chi connectivity index (χ3v) is 3.03. The van der Waals surface area contributed by atoms with E-state index in [9.17, 15) is 4.89 Å². The highest BCUT2D eigenvalue weighted by molar-refractivity contribution is 7.95. The summed E-state index contributed by atoms with van der Waals surface area (Å²) in [5.74, 6) is 3.61. The Labute approximate surface area is 44.8 Å². The van der Waals surface area contributed by atoms with Gasteiger partial charge in [-0.25, -0.2) is 0 Å². The van der Waals surface area contributed by atoms with E-state index in [1.54, 1.807) is 5.80 Å². The van der Waals surface area contributed by atoms with Gasteiger partial charge in [-0.05, 0) is 6.07 Å². The molecule has 0 saturated carbocycles. The molecule has 0 aliphatic carbocycles. The fraction of sp³-hybridized carbons (Fsp3) is 0. The van der Waals surface area contributed by atoms with Gasteiger partial charge in [-0.3, -0.25) is 0 Å². The van der Waals surface area contributed by atoms with E-state index in [1.165, 1.54) is 0 Å². The van der Waals surface area contributed by atoms with Crippen molar-refractivity contribution in [1.82, 2.24) is 0 Å². The Kier molecular flexibility index (Phi) is 1.76. The number of rotatable bonds is 0. The summed E-state index contributed by atoms with van der Waals surface area (Å²) in [6.45, 7) is 0. The van der Waals surface area contributed by atoms with Crippen molar-refractivity contribution in [3.8, 4) is 0 Å². The summed E-state index contributed by atoms with van der Waals surface area (Å²) >= 11 is 0. The van der Waals surface area contributed by atoms with Crippen LogP contribution in [0.15, 0.2) is 23.7 Å². The molecule has 7 heavy (non-hydrogen) atoms. The lowest BCUT2D eigenvalue weighted by Crippen LogP contribution is -1.75. The van der Waals surface area contributed by atoms with Gasteiger partial charge in [0.15, 0.2) is 0 Å². The van der Waals surface area contributed by atoms with Crippen molar-refractivity contribution in [2.75, 3.05) is 0 Å². The van der Waals surface area contributed by atoms with Crippen LogP contribution in [0.25, 0.3) is 0 Å². The smallest absolute Gasteiger partial charge is 0.150 e. The lowest BCUT2D eigenvalue weighted by molar-refractivity contribution is -0.148. The highest BCUT2D eigenvalue weighted by Gasteiger charge is 1.80. The van der Waals surface area contributed by atoms with E-state index >= 15 is 0 Å². The van der Waals surface area contributed by atoms with Crippen LogP contribution >= 0.6 is 15.3 Å². The SMILES string of the molecule is [O-][p+]1ccccp1. The Morgan fingerprint density at radius 3 is 2.57 bits per heavy atom. The molecule has 1 atom stereocenters. The molecule has 1 aromatic heterocycles. The first kappa shape index (κ1) is 5.18. The third kappa shape index (κ3) is 1.53. The van der Waals surface area contributed by atoms with Gasteiger partial charge in [-0.15, -0.1) is 0 Å². The standard InChI is InChI=1S/C4H4OP2/c5-7-4-2-1-3-6-7/h1-4H. The quantitative estimate of drug-likeness (QED) is 0.523. The van der Waals surface area contributed by atoms with E-state index in [0.717, 1.165) is 7.87 Å². The average molecular weight is 130 g/mol. The summed E-state index contributed by atoms with van der Waals surface area (Å²) in [6, 6.07) is 3.72. The van der Waals surface area contributed by atoms with E-state index in [2.05, 4.69) is 0 Å². The van der Waals surface area contributed by atoms with Gasteiger partial charge in [0, 0.05) is 5.80 Å². The monoisotopic (exact) mass is 130 g/mol. The van der Waals surface area contributed by atoms with Gasteiger partial charge < -0.3 is 4.89 Å². The predicted octanol–water partition coefficient (Wildman–Crippen LogP) is 1.66. The van der Waals surface area contributed by atoms with E-state index in [1.807, 2.05) is 17.9 Å². The zero-order valence-corrected chi connectivity index (χ0v) is 5.40. The van der Waals surface area contributed by atoms with Gasteiger partial charge in [0.1, 0.15) is 21.1 Å². The van der Waals surface area contributed by atoms with Crippen LogP contribution in [0.2, 0.25) is 0 Å². The third-order valence-electron chi connectivity index (χ3n) is 0.591. The predicted molar refractivity (Wildman–Crippen MR) is 31.5 cm³/mol. The maximum absolute atomic E-state index is 10.5. The lowest BCUT2D eigenvalue weighted by atomic mass is 10.7. The maximum Gasteiger partial charge on any atom is 0.150 e. The Morgan fingerprint density at radius 1 is 1.43 bits per heavy atom. The molecule has 1 unspecified atom stereocenters. The van der Waals surface area contributed by atoms with Gasteiger partial charge >= 0.3 is 0 Å². The van der Waals surface area contributed by atoms with Gasteiger partial charge in [0.05, 0.1) is 0 Å². The second-order valence-electron chi connectivity index (χ2n) is 1.10.